The maximum absolute atomic E-state index is 5.37. The largest absolute Gasteiger partial charge is 0.311 e. The molecule has 1 N–H and O–H groups in total. The zero-order valence-electron chi connectivity index (χ0n) is 12.0. The molecule has 3 rings (SSSR count). The molecular formula is C16H27N3. The molecular weight excluding hydrogens is 234 g/mol. The molecule has 0 spiro atoms. The van der Waals surface area contributed by atoms with E-state index in [1.54, 1.807) is 0 Å². The summed E-state index contributed by atoms with van der Waals surface area (Å²) in [5, 5.41) is 3.90. The van der Waals surface area contributed by atoms with Crippen molar-refractivity contribution >= 4 is 0 Å². The van der Waals surface area contributed by atoms with Crippen LogP contribution < -0.4 is 5.32 Å². The first kappa shape index (κ1) is 13.4. The second-order valence-corrected chi connectivity index (χ2v) is 6.46. The third-order valence-electron chi connectivity index (χ3n) is 4.97. The maximum atomic E-state index is 5.37. The van der Waals surface area contributed by atoms with E-state index in [4.69, 9.17) is 6.42 Å². The molecule has 0 bridgehead atoms. The van der Waals surface area contributed by atoms with Gasteiger partial charge in [0.1, 0.15) is 0 Å². The topological polar surface area (TPSA) is 18.5 Å². The highest BCUT2D eigenvalue weighted by Crippen LogP contribution is 2.29. The summed E-state index contributed by atoms with van der Waals surface area (Å²) in [5.41, 5.74) is 0. The van der Waals surface area contributed by atoms with Crippen LogP contribution in [0.25, 0.3) is 0 Å². The Morgan fingerprint density at radius 2 is 1.47 bits per heavy atom. The van der Waals surface area contributed by atoms with E-state index in [0.29, 0.717) is 0 Å². The molecule has 3 fully saturated rings. The first-order chi connectivity index (χ1) is 9.35. The lowest BCUT2D eigenvalue weighted by Crippen LogP contribution is -2.50. The van der Waals surface area contributed by atoms with Crippen LogP contribution in [-0.2, 0) is 0 Å². The smallest absolute Gasteiger partial charge is 0.0598 e. The minimum Gasteiger partial charge on any atom is -0.311 e. The zero-order chi connectivity index (χ0) is 13.1. The molecule has 2 aliphatic heterocycles. The number of nitrogens with one attached hydrogen (secondary N) is 1. The fraction of sp³-hybridized carbons (Fsp3) is 0.875. The highest BCUT2D eigenvalue weighted by Gasteiger charge is 2.32. The van der Waals surface area contributed by atoms with E-state index in [1.807, 2.05) is 0 Å². The Kier molecular flexibility index (Phi) is 4.42. The minimum absolute atomic E-state index is 0.728. The van der Waals surface area contributed by atoms with E-state index in [-0.39, 0.29) is 0 Å². The highest BCUT2D eigenvalue weighted by atomic mass is 15.2. The standard InChI is InChI=1S/C16H27N3/c1-2-9-18-10-5-14(6-11-18)17-15-7-12-19(13-8-15)16-3-4-16/h1,14-17H,3-13H2. The average molecular weight is 261 g/mol. The third-order valence-corrected chi connectivity index (χ3v) is 4.97. The Morgan fingerprint density at radius 1 is 0.895 bits per heavy atom. The summed E-state index contributed by atoms with van der Waals surface area (Å²) in [4.78, 5) is 5.10. The van der Waals surface area contributed by atoms with Crippen molar-refractivity contribution in [3.63, 3.8) is 0 Å². The monoisotopic (exact) mass is 261 g/mol. The van der Waals surface area contributed by atoms with Crippen LogP contribution in [0.2, 0.25) is 0 Å². The van der Waals surface area contributed by atoms with Crippen molar-refractivity contribution in [2.45, 2.75) is 56.7 Å². The van der Waals surface area contributed by atoms with Crippen molar-refractivity contribution in [2.75, 3.05) is 32.7 Å². The van der Waals surface area contributed by atoms with E-state index >= 15 is 0 Å². The van der Waals surface area contributed by atoms with Gasteiger partial charge >= 0.3 is 0 Å². The van der Waals surface area contributed by atoms with Crippen LogP contribution in [0.4, 0.5) is 0 Å². The van der Waals surface area contributed by atoms with Crippen molar-refractivity contribution in [1.29, 1.82) is 0 Å². The Hall–Kier alpha value is -0.560. The highest BCUT2D eigenvalue weighted by molar-refractivity contribution is 4.92. The lowest BCUT2D eigenvalue weighted by atomic mass is 9.99. The van der Waals surface area contributed by atoms with Gasteiger partial charge in [-0.3, -0.25) is 4.90 Å². The van der Waals surface area contributed by atoms with Crippen LogP contribution in [0.3, 0.4) is 0 Å². The molecule has 2 heterocycles. The lowest BCUT2D eigenvalue weighted by Gasteiger charge is -2.37. The molecule has 0 radical (unpaired) electrons. The average Bonchev–Trinajstić information content (AvgIpc) is 3.27. The van der Waals surface area contributed by atoms with Crippen LogP contribution in [0.15, 0.2) is 0 Å². The summed E-state index contributed by atoms with van der Waals surface area (Å²) in [5.74, 6) is 2.75. The lowest BCUT2D eigenvalue weighted by molar-refractivity contribution is 0.161. The maximum Gasteiger partial charge on any atom is 0.0598 e. The number of piperidine rings is 2. The Balaban J connectivity index is 1.35. The van der Waals surface area contributed by atoms with Gasteiger partial charge in [0.15, 0.2) is 0 Å². The molecule has 19 heavy (non-hydrogen) atoms. The molecule has 3 heteroatoms. The van der Waals surface area contributed by atoms with Gasteiger partial charge in [-0.15, -0.1) is 6.42 Å². The zero-order valence-corrected chi connectivity index (χ0v) is 12.0. The predicted molar refractivity (Wildman–Crippen MR) is 79.0 cm³/mol. The summed E-state index contributed by atoms with van der Waals surface area (Å²) < 4.78 is 0. The summed E-state index contributed by atoms with van der Waals surface area (Å²) in [6.07, 6.45) is 13.5. The fourth-order valence-corrected chi connectivity index (χ4v) is 3.59. The van der Waals surface area contributed by atoms with Gasteiger partial charge in [-0.05, 0) is 51.6 Å². The molecule has 0 aromatic heterocycles. The van der Waals surface area contributed by atoms with Gasteiger partial charge in [0.2, 0.25) is 0 Å². The summed E-state index contributed by atoms with van der Waals surface area (Å²) in [6.45, 7) is 5.80. The summed E-state index contributed by atoms with van der Waals surface area (Å²) in [7, 11) is 0. The molecule has 1 aliphatic carbocycles. The fourth-order valence-electron chi connectivity index (χ4n) is 3.59. The van der Waals surface area contributed by atoms with Crippen molar-refractivity contribution in [3.8, 4) is 12.3 Å². The third kappa shape index (κ3) is 3.72. The van der Waals surface area contributed by atoms with E-state index in [2.05, 4.69) is 21.0 Å². The molecule has 0 amide bonds. The van der Waals surface area contributed by atoms with Gasteiger partial charge < -0.3 is 10.2 Å². The quantitative estimate of drug-likeness (QED) is 0.770. The normalized spacial score (nSPS) is 28.4. The van der Waals surface area contributed by atoms with Crippen LogP contribution in [0.5, 0.6) is 0 Å². The van der Waals surface area contributed by atoms with Crippen molar-refractivity contribution < 1.29 is 0 Å². The number of likely N-dealkylation sites (tertiary alicyclic amines) is 2. The van der Waals surface area contributed by atoms with Gasteiger partial charge in [0, 0.05) is 31.2 Å². The number of nitrogens with zero attached hydrogens (tertiary/aromatic N) is 2. The van der Waals surface area contributed by atoms with Crippen molar-refractivity contribution in [3.05, 3.63) is 0 Å². The number of hydrogen-bond donors (Lipinski definition) is 1. The SMILES string of the molecule is C#CCN1CCC(NC2CCN(C3CC3)CC2)CC1. The first-order valence-corrected chi connectivity index (χ1v) is 8.01. The van der Waals surface area contributed by atoms with E-state index < -0.39 is 0 Å². The molecule has 2 saturated heterocycles. The molecule has 1 saturated carbocycles. The van der Waals surface area contributed by atoms with Gasteiger partial charge in [-0.1, -0.05) is 5.92 Å². The van der Waals surface area contributed by atoms with E-state index in [9.17, 15) is 0 Å². The number of hydrogen-bond acceptors (Lipinski definition) is 3. The minimum atomic E-state index is 0.728. The molecule has 3 aliphatic rings. The molecule has 0 unspecified atom stereocenters. The molecule has 0 atom stereocenters. The molecule has 3 nitrogen and oxygen atoms in total. The van der Waals surface area contributed by atoms with Gasteiger partial charge in [-0.2, -0.15) is 0 Å². The Bertz CT molecular complexity index is 315. The van der Waals surface area contributed by atoms with Crippen LogP contribution in [-0.4, -0.2) is 60.6 Å². The van der Waals surface area contributed by atoms with E-state index in [1.165, 1.54) is 64.7 Å². The van der Waals surface area contributed by atoms with Crippen molar-refractivity contribution in [1.82, 2.24) is 15.1 Å². The van der Waals surface area contributed by atoms with Gasteiger partial charge in [0.25, 0.3) is 0 Å². The molecule has 0 aromatic carbocycles. The summed E-state index contributed by atoms with van der Waals surface area (Å²) in [6, 6.07) is 2.44. The van der Waals surface area contributed by atoms with Gasteiger partial charge in [-0.25, -0.2) is 0 Å². The Labute approximate surface area is 117 Å². The Morgan fingerprint density at radius 3 is 2.00 bits per heavy atom. The van der Waals surface area contributed by atoms with Gasteiger partial charge in [0.05, 0.1) is 6.54 Å². The second kappa shape index (κ2) is 6.26. The van der Waals surface area contributed by atoms with E-state index in [0.717, 1.165) is 24.7 Å². The van der Waals surface area contributed by atoms with Crippen LogP contribution in [0.1, 0.15) is 38.5 Å². The first-order valence-electron chi connectivity index (χ1n) is 8.01. The predicted octanol–water partition coefficient (Wildman–Crippen LogP) is 1.30. The van der Waals surface area contributed by atoms with Crippen LogP contribution in [0, 0.1) is 12.3 Å². The second-order valence-electron chi connectivity index (χ2n) is 6.46. The molecule has 0 aromatic rings. The van der Waals surface area contributed by atoms with Crippen LogP contribution >= 0.6 is 0 Å². The number of terminal acetylenes is 1. The summed E-state index contributed by atoms with van der Waals surface area (Å²) >= 11 is 0. The number of rotatable bonds is 4. The molecule has 106 valence electrons. The van der Waals surface area contributed by atoms with Crippen molar-refractivity contribution in [2.24, 2.45) is 0 Å².